The van der Waals surface area contributed by atoms with Gasteiger partial charge in [-0.1, -0.05) is 18.9 Å². The number of ether oxygens (including phenoxy) is 1. The van der Waals surface area contributed by atoms with Crippen LogP contribution in [0.3, 0.4) is 0 Å². The van der Waals surface area contributed by atoms with E-state index in [9.17, 15) is 4.79 Å². The molecule has 2 N–H and O–H groups in total. The third-order valence-electron chi connectivity index (χ3n) is 3.94. The normalized spacial score (nSPS) is 15.8. The molecule has 1 fully saturated rings. The summed E-state index contributed by atoms with van der Waals surface area (Å²) in [6.07, 6.45) is 4.64. The smallest absolute Gasteiger partial charge is 0.260 e. The highest BCUT2D eigenvalue weighted by molar-refractivity contribution is 5.78. The van der Waals surface area contributed by atoms with Gasteiger partial charge in [-0.25, -0.2) is 0 Å². The maximum Gasteiger partial charge on any atom is 0.260 e. The standard InChI is InChI=1S/C16H24N2O2/c1-12-7-8-14(17)13(2)16(12)20-11-15(19)18-9-5-3-4-6-10-18/h7-8H,3-6,9-11,17H2,1-2H3. The van der Waals surface area contributed by atoms with Crippen LogP contribution in [0.5, 0.6) is 5.75 Å². The molecule has 1 heterocycles. The van der Waals surface area contributed by atoms with Gasteiger partial charge in [0.25, 0.3) is 5.91 Å². The highest BCUT2D eigenvalue weighted by Crippen LogP contribution is 2.27. The Morgan fingerprint density at radius 1 is 1.20 bits per heavy atom. The Balaban J connectivity index is 1.98. The fraction of sp³-hybridized carbons (Fsp3) is 0.562. The zero-order chi connectivity index (χ0) is 14.5. The van der Waals surface area contributed by atoms with Crippen molar-refractivity contribution in [2.24, 2.45) is 0 Å². The van der Waals surface area contributed by atoms with E-state index < -0.39 is 0 Å². The summed E-state index contributed by atoms with van der Waals surface area (Å²) in [4.78, 5) is 14.1. The molecule has 20 heavy (non-hydrogen) atoms. The van der Waals surface area contributed by atoms with E-state index in [0.717, 1.165) is 42.8 Å². The summed E-state index contributed by atoms with van der Waals surface area (Å²) < 4.78 is 5.73. The van der Waals surface area contributed by atoms with Crippen LogP contribution in [0, 0.1) is 13.8 Å². The van der Waals surface area contributed by atoms with E-state index in [-0.39, 0.29) is 12.5 Å². The average molecular weight is 276 g/mol. The van der Waals surface area contributed by atoms with E-state index in [2.05, 4.69) is 0 Å². The van der Waals surface area contributed by atoms with Crippen LogP contribution >= 0.6 is 0 Å². The van der Waals surface area contributed by atoms with Gasteiger partial charge in [0.2, 0.25) is 0 Å². The Kier molecular flexibility index (Phi) is 4.88. The van der Waals surface area contributed by atoms with Gasteiger partial charge in [0, 0.05) is 24.3 Å². The summed E-state index contributed by atoms with van der Waals surface area (Å²) in [5, 5.41) is 0. The molecule has 4 nitrogen and oxygen atoms in total. The van der Waals surface area contributed by atoms with Crippen molar-refractivity contribution in [3.63, 3.8) is 0 Å². The molecule has 0 unspecified atom stereocenters. The number of nitrogens with zero attached hydrogens (tertiary/aromatic N) is 1. The zero-order valence-electron chi connectivity index (χ0n) is 12.4. The molecule has 110 valence electrons. The first-order valence-electron chi connectivity index (χ1n) is 7.36. The average Bonchev–Trinajstić information content (AvgIpc) is 2.72. The molecular formula is C16H24N2O2. The van der Waals surface area contributed by atoms with Gasteiger partial charge in [0.05, 0.1) is 0 Å². The summed E-state index contributed by atoms with van der Waals surface area (Å²) in [5.41, 5.74) is 8.51. The summed E-state index contributed by atoms with van der Waals surface area (Å²) in [5.74, 6) is 0.821. The highest BCUT2D eigenvalue weighted by Gasteiger charge is 2.17. The molecule has 0 aliphatic carbocycles. The minimum Gasteiger partial charge on any atom is -0.483 e. The fourth-order valence-corrected chi connectivity index (χ4v) is 2.61. The Morgan fingerprint density at radius 3 is 2.50 bits per heavy atom. The molecule has 0 radical (unpaired) electrons. The van der Waals surface area contributed by atoms with Crippen molar-refractivity contribution in [1.82, 2.24) is 4.90 Å². The summed E-state index contributed by atoms with van der Waals surface area (Å²) in [6, 6.07) is 3.79. The molecule has 0 aromatic heterocycles. The number of carbonyl (C=O) groups is 1. The lowest BCUT2D eigenvalue weighted by atomic mass is 10.1. The first kappa shape index (κ1) is 14.7. The molecule has 1 amide bonds. The number of amides is 1. The van der Waals surface area contributed by atoms with Crippen LogP contribution in [0.15, 0.2) is 12.1 Å². The van der Waals surface area contributed by atoms with Gasteiger partial charge in [-0.05, 0) is 38.3 Å². The van der Waals surface area contributed by atoms with Gasteiger partial charge in [-0.2, -0.15) is 0 Å². The molecule has 1 aromatic carbocycles. The number of rotatable bonds is 3. The molecule has 0 atom stereocenters. The zero-order valence-corrected chi connectivity index (χ0v) is 12.4. The Bertz CT molecular complexity index is 478. The van der Waals surface area contributed by atoms with Crippen molar-refractivity contribution in [1.29, 1.82) is 0 Å². The van der Waals surface area contributed by atoms with E-state index in [1.807, 2.05) is 30.9 Å². The predicted octanol–water partition coefficient (Wildman–Crippen LogP) is 2.67. The van der Waals surface area contributed by atoms with Gasteiger partial charge in [-0.3, -0.25) is 4.79 Å². The minimum absolute atomic E-state index is 0.0770. The Labute approximate surface area is 120 Å². The molecule has 2 rings (SSSR count). The SMILES string of the molecule is Cc1ccc(N)c(C)c1OCC(=O)N1CCCCCC1. The molecule has 4 heteroatoms. The number of carbonyl (C=O) groups excluding carboxylic acids is 1. The molecule has 0 saturated carbocycles. The number of anilines is 1. The number of nitrogen functional groups attached to an aromatic ring is 1. The van der Waals surface area contributed by atoms with Crippen molar-refractivity contribution in [2.45, 2.75) is 39.5 Å². The lowest BCUT2D eigenvalue weighted by Gasteiger charge is -2.21. The molecule has 0 bridgehead atoms. The molecule has 1 aliphatic heterocycles. The molecular weight excluding hydrogens is 252 g/mol. The van der Waals surface area contributed by atoms with E-state index in [4.69, 9.17) is 10.5 Å². The second kappa shape index (κ2) is 6.64. The number of likely N-dealkylation sites (tertiary alicyclic amines) is 1. The monoisotopic (exact) mass is 276 g/mol. The summed E-state index contributed by atoms with van der Waals surface area (Å²) in [6.45, 7) is 5.71. The second-order valence-corrected chi connectivity index (χ2v) is 5.51. The quantitative estimate of drug-likeness (QED) is 0.864. The topological polar surface area (TPSA) is 55.6 Å². The fourth-order valence-electron chi connectivity index (χ4n) is 2.61. The largest absolute Gasteiger partial charge is 0.483 e. The molecule has 1 aliphatic rings. The van der Waals surface area contributed by atoms with Crippen LogP contribution < -0.4 is 10.5 Å². The van der Waals surface area contributed by atoms with Gasteiger partial charge >= 0.3 is 0 Å². The van der Waals surface area contributed by atoms with Crippen LogP contribution in [0.25, 0.3) is 0 Å². The van der Waals surface area contributed by atoms with Crippen LogP contribution in [-0.4, -0.2) is 30.5 Å². The second-order valence-electron chi connectivity index (χ2n) is 5.51. The molecule has 0 spiro atoms. The number of hydrogen-bond donors (Lipinski definition) is 1. The number of nitrogens with two attached hydrogens (primary N) is 1. The first-order valence-corrected chi connectivity index (χ1v) is 7.36. The number of hydrogen-bond acceptors (Lipinski definition) is 3. The van der Waals surface area contributed by atoms with Crippen molar-refractivity contribution >= 4 is 11.6 Å². The van der Waals surface area contributed by atoms with Crippen molar-refractivity contribution in [2.75, 3.05) is 25.4 Å². The van der Waals surface area contributed by atoms with Gasteiger partial charge < -0.3 is 15.4 Å². The van der Waals surface area contributed by atoms with E-state index in [0.29, 0.717) is 5.69 Å². The first-order chi connectivity index (χ1) is 9.59. The highest BCUT2D eigenvalue weighted by atomic mass is 16.5. The van der Waals surface area contributed by atoms with E-state index in [1.54, 1.807) is 0 Å². The summed E-state index contributed by atoms with van der Waals surface area (Å²) in [7, 11) is 0. The third-order valence-corrected chi connectivity index (χ3v) is 3.94. The van der Waals surface area contributed by atoms with E-state index in [1.165, 1.54) is 12.8 Å². The third kappa shape index (κ3) is 3.44. The van der Waals surface area contributed by atoms with Gasteiger partial charge in [0.15, 0.2) is 6.61 Å². The maximum atomic E-state index is 12.2. The molecule has 1 aromatic rings. The minimum atomic E-state index is 0.0770. The predicted molar refractivity (Wildman–Crippen MR) is 80.9 cm³/mol. The number of benzene rings is 1. The Morgan fingerprint density at radius 2 is 1.85 bits per heavy atom. The van der Waals surface area contributed by atoms with Crippen LogP contribution in [-0.2, 0) is 4.79 Å². The van der Waals surface area contributed by atoms with Crippen LogP contribution in [0.4, 0.5) is 5.69 Å². The van der Waals surface area contributed by atoms with Gasteiger partial charge in [-0.15, -0.1) is 0 Å². The molecule has 1 saturated heterocycles. The van der Waals surface area contributed by atoms with Crippen LogP contribution in [0.1, 0.15) is 36.8 Å². The summed E-state index contributed by atoms with van der Waals surface area (Å²) >= 11 is 0. The maximum absolute atomic E-state index is 12.2. The van der Waals surface area contributed by atoms with E-state index >= 15 is 0 Å². The van der Waals surface area contributed by atoms with Crippen LogP contribution in [0.2, 0.25) is 0 Å². The van der Waals surface area contributed by atoms with Crippen molar-refractivity contribution < 1.29 is 9.53 Å². The van der Waals surface area contributed by atoms with Gasteiger partial charge in [0.1, 0.15) is 5.75 Å². The van der Waals surface area contributed by atoms with Crippen molar-refractivity contribution in [3.05, 3.63) is 23.3 Å². The lowest BCUT2D eigenvalue weighted by molar-refractivity contribution is -0.133. The Hall–Kier alpha value is -1.71. The van der Waals surface area contributed by atoms with Crippen molar-refractivity contribution in [3.8, 4) is 5.75 Å². The number of aryl methyl sites for hydroxylation is 1. The lowest BCUT2D eigenvalue weighted by Crippen LogP contribution is -2.35.